The van der Waals surface area contributed by atoms with E-state index in [0.717, 1.165) is 18.8 Å². The van der Waals surface area contributed by atoms with Gasteiger partial charge in [-0.3, -0.25) is 4.79 Å². The van der Waals surface area contributed by atoms with Crippen LogP contribution in [0.2, 0.25) is 0 Å². The van der Waals surface area contributed by atoms with Gasteiger partial charge in [0.05, 0.1) is 13.0 Å². The molecule has 0 aliphatic rings. The molecule has 1 amide bonds. The predicted octanol–water partition coefficient (Wildman–Crippen LogP) is 1.84. The van der Waals surface area contributed by atoms with Gasteiger partial charge < -0.3 is 20.3 Å². The Morgan fingerprint density at radius 1 is 1.29 bits per heavy atom. The van der Waals surface area contributed by atoms with Crippen LogP contribution in [0.15, 0.2) is 24.3 Å². The van der Waals surface area contributed by atoms with E-state index in [2.05, 4.69) is 11.8 Å². The van der Waals surface area contributed by atoms with Crippen LogP contribution in [-0.2, 0) is 4.79 Å². The maximum Gasteiger partial charge on any atom is 0.226 e. The monoisotopic (exact) mass is 293 g/mol. The average molecular weight is 293 g/mol. The van der Waals surface area contributed by atoms with Gasteiger partial charge in [0.1, 0.15) is 5.75 Å². The van der Waals surface area contributed by atoms with Gasteiger partial charge in [-0.15, -0.1) is 0 Å². The molecule has 118 valence electrons. The lowest BCUT2D eigenvalue weighted by atomic mass is 10.2. The minimum absolute atomic E-state index is 0.127. The van der Waals surface area contributed by atoms with Gasteiger partial charge in [-0.05, 0) is 52.2 Å². The zero-order valence-corrected chi connectivity index (χ0v) is 13.5. The van der Waals surface area contributed by atoms with E-state index in [-0.39, 0.29) is 11.9 Å². The predicted molar refractivity (Wildman–Crippen MR) is 86.4 cm³/mol. The number of amides is 1. The van der Waals surface area contributed by atoms with E-state index >= 15 is 0 Å². The third-order valence-electron chi connectivity index (χ3n) is 3.29. The minimum Gasteiger partial charge on any atom is -0.493 e. The second-order valence-corrected chi connectivity index (χ2v) is 5.46. The molecule has 1 rings (SSSR count). The van der Waals surface area contributed by atoms with Crippen molar-refractivity contribution in [2.24, 2.45) is 0 Å². The summed E-state index contributed by atoms with van der Waals surface area (Å²) in [5.41, 5.74) is 6.32. The van der Waals surface area contributed by atoms with Crippen LogP contribution in [0.25, 0.3) is 0 Å². The molecule has 0 saturated heterocycles. The van der Waals surface area contributed by atoms with Crippen molar-refractivity contribution in [2.45, 2.75) is 26.3 Å². The van der Waals surface area contributed by atoms with Gasteiger partial charge in [0.2, 0.25) is 5.91 Å². The Morgan fingerprint density at radius 2 is 1.90 bits per heavy atom. The van der Waals surface area contributed by atoms with E-state index in [1.54, 1.807) is 12.1 Å². The number of nitrogens with zero attached hydrogens (tertiary/aromatic N) is 2. The molecule has 0 spiro atoms. The van der Waals surface area contributed by atoms with Crippen LogP contribution >= 0.6 is 0 Å². The maximum atomic E-state index is 12.2. The minimum atomic E-state index is 0.127. The molecule has 5 heteroatoms. The average Bonchev–Trinajstić information content (AvgIpc) is 2.41. The SMILES string of the molecule is CCN(C(=O)CCOc1ccc(N)cc1)C(C)CN(C)C. The van der Waals surface area contributed by atoms with Gasteiger partial charge in [0.25, 0.3) is 0 Å². The molecule has 2 N–H and O–H groups in total. The van der Waals surface area contributed by atoms with Crippen LogP contribution in [0.1, 0.15) is 20.3 Å². The molecule has 5 nitrogen and oxygen atoms in total. The molecule has 1 atom stereocenters. The summed E-state index contributed by atoms with van der Waals surface area (Å²) in [4.78, 5) is 16.2. The number of hydrogen-bond acceptors (Lipinski definition) is 4. The molecule has 1 aromatic rings. The van der Waals surface area contributed by atoms with E-state index in [1.165, 1.54) is 0 Å². The van der Waals surface area contributed by atoms with E-state index in [4.69, 9.17) is 10.5 Å². The Bertz CT molecular complexity index is 432. The molecular formula is C16H27N3O2. The van der Waals surface area contributed by atoms with Crippen LogP contribution in [0.4, 0.5) is 5.69 Å². The number of rotatable bonds is 8. The summed E-state index contributed by atoms with van der Waals surface area (Å²) in [5, 5.41) is 0. The summed E-state index contributed by atoms with van der Waals surface area (Å²) in [5.74, 6) is 0.865. The van der Waals surface area contributed by atoms with Crippen molar-refractivity contribution in [3.63, 3.8) is 0 Å². The van der Waals surface area contributed by atoms with Gasteiger partial charge in [-0.25, -0.2) is 0 Å². The third-order valence-corrected chi connectivity index (χ3v) is 3.29. The molecule has 0 bridgehead atoms. The largest absolute Gasteiger partial charge is 0.493 e. The maximum absolute atomic E-state index is 12.2. The van der Waals surface area contributed by atoms with Crippen molar-refractivity contribution in [3.05, 3.63) is 24.3 Å². The molecule has 1 unspecified atom stereocenters. The fourth-order valence-corrected chi connectivity index (χ4v) is 2.32. The lowest BCUT2D eigenvalue weighted by Gasteiger charge is -2.30. The van der Waals surface area contributed by atoms with Gasteiger partial charge in [-0.1, -0.05) is 0 Å². The lowest BCUT2D eigenvalue weighted by molar-refractivity contribution is -0.133. The summed E-state index contributed by atoms with van der Waals surface area (Å²) in [6.45, 7) is 6.04. The van der Waals surface area contributed by atoms with Crippen molar-refractivity contribution < 1.29 is 9.53 Å². The second-order valence-electron chi connectivity index (χ2n) is 5.46. The van der Waals surface area contributed by atoms with Gasteiger partial charge in [-0.2, -0.15) is 0 Å². The quantitative estimate of drug-likeness (QED) is 0.743. The van der Waals surface area contributed by atoms with Crippen LogP contribution in [-0.4, -0.2) is 55.5 Å². The number of nitrogen functional groups attached to an aromatic ring is 1. The Kier molecular flexibility index (Phi) is 7.02. The first-order chi connectivity index (χ1) is 9.93. The molecule has 0 radical (unpaired) electrons. The molecular weight excluding hydrogens is 266 g/mol. The molecule has 1 aromatic carbocycles. The summed E-state index contributed by atoms with van der Waals surface area (Å²) >= 11 is 0. The van der Waals surface area contributed by atoms with Gasteiger partial charge in [0, 0.05) is 24.8 Å². The fraction of sp³-hybridized carbons (Fsp3) is 0.562. The lowest BCUT2D eigenvalue weighted by Crippen LogP contribution is -2.44. The molecule has 0 saturated carbocycles. The number of benzene rings is 1. The first-order valence-corrected chi connectivity index (χ1v) is 7.36. The van der Waals surface area contributed by atoms with Crippen molar-refractivity contribution in [1.29, 1.82) is 0 Å². The zero-order valence-electron chi connectivity index (χ0n) is 13.5. The van der Waals surface area contributed by atoms with Crippen LogP contribution in [0.3, 0.4) is 0 Å². The van der Waals surface area contributed by atoms with E-state index < -0.39 is 0 Å². The molecule has 0 aromatic heterocycles. The Balaban J connectivity index is 2.42. The van der Waals surface area contributed by atoms with E-state index in [1.807, 2.05) is 38.1 Å². The van der Waals surface area contributed by atoms with Crippen LogP contribution in [0.5, 0.6) is 5.75 Å². The number of carbonyl (C=O) groups is 1. The van der Waals surface area contributed by atoms with E-state index in [9.17, 15) is 4.79 Å². The number of carbonyl (C=O) groups excluding carboxylic acids is 1. The Hall–Kier alpha value is -1.75. The van der Waals surface area contributed by atoms with Crippen LogP contribution in [0, 0.1) is 0 Å². The number of hydrogen-bond donors (Lipinski definition) is 1. The highest BCUT2D eigenvalue weighted by Crippen LogP contribution is 2.13. The first-order valence-electron chi connectivity index (χ1n) is 7.36. The van der Waals surface area contributed by atoms with E-state index in [0.29, 0.717) is 18.7 Å². The Labute approximate surface area is 127 Å². The third kappa shape index (κ3) is 6.04. The summed E-state index contributed by atoms with van der Waals surface area (Å²) in [6.07, 6.45) is 0.385. The second kappa shape index (κ2) is 8.52. The standard InChI is InChI=1S/C16H27N3O2/c1-5-19(13(2)12-18(3)4)16(20)10-11-21-15-8-6-14(17)7-9-15/h6-9,13H,5,10-12,17H2,1-4H3. The Morgan fingerprint density at radius 3 is 2.43 bits per heavy atom. The smallest absolute Gasteiger partial charge is 0.226 e. The van der Waals surface area contributed by atoms with Gasteiger partial charge >= 0.3 is 0 Å². The fourth-order valence-electron chi connectivity index (χ4n) is 2.32. The van der Waals surface area contributed by atoms with Crippen molar-refractivity contribution in [3.8, 4) is 5.75 Å². The highest BCUT2D eigenvalue weighted by molar-refractivity contribution is 5.76. The van der Waals surface area contributed by atoms with Crippen molar-refractivity contribution >= 4 is 11.6 Å². The normalized spacial score (nSPS) is 12.2. The number of nitrogens with two attached hydrogens (primary N) is 1. The molecule has 0 aliphatic heterocycles. The number of ether oxygens (including phenoxy) is 1. The van der Waals surface area contributed by atoms with Crippen molar-refractivity contribution in [1.82, 2.24) is 9.80 Å². The van der Waals surface area contributed by atoms with Crippen LogP contribution < -0.4 is 10.5 Å². The molecule has 21 heavy (non-hydrogen) atoms. The highest BCUT2D eigenvalue weighted by Gasteiger charge is 2.18. The number of anilines is 1. The first kappa shape index (κ1) is 17.3. The van der Waals surface area contributed by atoms with Gasteiger partial charge in [0.15, 0.2) is 0 Å². The highest BCUT2D eigenvalue weighted by atomic mass is 16.5. The molecule has 0 fully saturated rings. The summed E-state index contributed by atoms with van der Waals surface area (Å²) < 4.78 is 5.57. The number of likely N-dealkylation sites (N-methyl/N-ethyl adjacent to an activating group) is 2. The molecule has 0 heterocycles. The van der Waals surface area contributed by atoms with Crippen molar-refractivity contribution in [2.75, 3.05) is 39.5 Å². The zero-order chi connectivity index (χ0) is 15.8. The molecule has 0 aliphatic carbocycles. The summed E-state index contributed by atoms with van der Waals surface area (Å²) in [7, 11) is 4.03. The summed E-state index contributed by atoms with van der Waals surface area (Å²) in [6, 6.07) is 7.40. The topological polar surface area (TPSA) is 58.8 Å².